The minimum Gasteiger partial charge on any atom is -0.466 e. The average Bonchev–Trinajstić information content (AvgIpc) is 2.74. The molecule has 0 amide bonds. The van der Waals surface area contributed by atoms with Gasteiger partial charge in [-0.15, -0.1) is 0 Å². The molecule has 6 heteroatoms. The molecule has 1 aliphatic heterocycles. The van der Waals surface area contributed by atoms with Crippen LogP contribution in [-0.4, -0.2) is 21.0 Å². The van der Waals surface area contributed by atoms with E-state index in [2.05, 4.69) is 0 Å². The Bertz CT molecular complexity index is 1230. The standard InChI is InChI=1S/C25H25NO4S/c1-4-30-25(27)16-24-21-8-6-5-7-20(21)22-15-18(3)11-14-23(22)26(24)31(28,29)19-12-9-17(2)10-13-19/h5-15,24H,4,16H2,1-3H3. The first-order valence-corrected chi connectivity index (χ1v) is 11.7. The summed E-state index contributed by atoms with van der Waals surface area (Å²) in [6.07, 6.45) is -0.0662. The molecule has 3 aromatic carbocycles. The molecule has 0 spiro atoms. The van der Waals surface area contributed by atoms with Gasteiger partial charge in [0.1, 0.15) is 0 Å². The lowest BCUT2D eigenvalue weighted by Crippen LogP contribution is -2.39. The van der Waals surface area contributed by atoms with Crippen LogP contribution in [0.15, 0.2) is 71.6 Å². The van der Waals surface area contributed by atoms with Crippen LogP contribution in [0.3, 0.4) is 0 Å². The van der Waals surface area contributed by atoms with Crippen molar-refractivity contribution in [3.63, 3.8) is 0 Å². The molecule has 0 saturated carbocycles. The fourth-order valence-corrected chi connectivity index (χ4v) is 5.72. The molecule has 0 radical (unpaired) electrons. The summed E-state index contributed by atoms with van der Waals surface area (Å²) in [5, 5.41) is 0. The first-order chi connectivity index (χ1) is 14.8. The van der Waals surface area contributed by atoms with Crippen molar-refractivity contribution in [2.45, 2.75) is 38.1 Å². The zero-order chi connectivity index (χ0) is 22.2. The fourth-order valence-electron chi connectivity index (χ4n) is 4.08. The van der Waals surface area contributed by atoms with E-state index in [1.54, 1.807) is 31.2 Å². The molecule has 1 atom stereocenters. The van der Waals surface area contributed by atoms with Crippen LogP contribution in [0.25, 0.3) is 11.1 Å². The number of benzene rings is 3. The van der Waals surface area contributed by atoms with Crippen molar-refractivity contribution in [3.8, 4) is 11.1 Å². The van der Waals surface area contributed by atoms with Crippen LogP contribution in [0.2, 0.25) is 0 Å². The van der Waals surface area contributed by atoms with Crippen LogP contribution in [0.1, 0.15) is 36.1 Å². The number of sulfonamides is 1. The van der Waals surface area contributed by atoms with Gasteiger partial charge in [0.15, 0.2) is 0 Å². The molecule has 0 fully saturated rings. The Hall–Kier alpha value is -3.12. The second-order valence-corrected chi connectivity index (χ2v) is 9.56. The van der Waals surface area contributed by atoms with E-state index in [9.17, 15) is 13.2 Å². The second-order valence-electron chi connectivity index (χ2n) is 7.75. The van der Waals surface area contributed by atoms with E-state index in [-0.39, 0.29) is 17.9 Å². The molecule has 0 aliphatic carbocycles. The van der Waals surface area contributed by atoms with Gasteiger partial charge >= 0.3 is 5.97 Å². The van der Waals surface area contributed by atoms with E-state index < -0.39 is 22.0 Å². The highest BCUT2D eigenvalue weighted by Gasteiger charge is 2.40. The van der Waals surface area contributed by atoms with Crippen LogP contribution in [0.4, 0.5) is 5.69 Å². The number of carbonyl (C=O) groups excluding carboxylic acids is 1. The Balaban J connectivity index is 1.95. The van der Waals surface area contributed by atoms with Gasteiger partial charge in [-0.1, -0.05) is 53.6 Å². The molecule has 3 aromatic rings. The van der Waals surface area contributed by atoms with Crippen molar-refractivity contribution in [2.75, 3.05) is 10.9 Å². The van der Waals surface area contributed by atoms with Crippen molar-refractivity contribution >= 4 is 21.7 Å². The minimum absolute atomic E-state index is 0.0662. The number of rotatable bonds is 5. The molecular weight excluding hydrogens is 410 g/mol. The Morgan fingerprint density at radius 3 is 2.32 bits per heavy atom. The zero-order valence-corrected chi connectivity index (χ0v) is 18.6. The number of esters is 1. The summed E-state index contributed by atoms with van der Waals surface area (Å²) >= 11 is 0. The van der Waals surface area contributed by atoms with Crippen LogP contribution >= 0.6 is 0 Å². The normalized spacial score (nSPS) is 15.2. The predicted molar refractivity (Wildman–Crippen MR) is 121 cm³/mol. The predicted octanol–water partition coefficient (Wildman–Crippen LogP) is 5.17. The summed E-state index contributed by atoms with van der Waals surface area (Å²) in [6, 6.07) is 19.5. The van der Waals surface area contributed by atoms with Crippen LogP contribution in [-0.2, 0) is 19.6 Å². The van der Waals surface area contributed by atoms with Crippen molar-refractivity contribution in [1.29, 1.82) is 0 Å². The molecule has 1 heterocycles. The summed E-state index contributed by atoms with van der Waals surface area (Å²) in [4.78, 5) is 12.7. The van der Waals surface area contributed by atoms with Crippen molar-refractivity contribution in [1.82, 2.24) is 0 Å². The lowest BCUT2D eigenvalue weighted by atomic mass is 9.87. The van der Waals surface area contributed by atoms with Gasteiger partial charge in [0.2, 0.25) is 0 Å². The maximum Gasteiger partial charge on any atom is 0.308 e. The lowest BCUT2D eigenvalue weighted by molar-refractivity contribution is -0.143. The Morgan fingerprint density at radius 1 is 0.935 bits per heavy atom. The van der Waals surface area contributed by atoms with Crippen LogP contribution in [0.5, 0.6) is 0 Å². The zero-order valence-electron chi connectivity index (χ0n) is 17.8. The van der Waals surface area contributed by atoms with Gasteiger partial charge in [-0.05, 0) is 56.2 Å². The van der Waals surface area contributed by atoms with Crippen molar-refractivity contribution in [3.05, 3.63) is 83.4 Å². The van der Waals surface area contributed by atoms with Gasteiger partial charge in [0.05, 0.1) is 29.7 Å². The third-order valence-electron chi connectivity index (χ3n) is 5.53. The first kappa shape index (κ1) is 21.1. The lowest BCUT2D eigenvalue weighted by Gasteiger charge is -2.39. The molecule has 31 heavy (non-hydrogen) atoms. The molecule has 0 N–H and O–H groups in total. The largest absolute Gasteiger partial charge is 0.466 e. The summed E-state index contributed by atoms with van der Waals surface area (Å²) in [5.41, 5.74) is 5.15. The third kappa shape index (κ3) is 3.83. The average molecular weight is 436 g/mol. The maximum atomic E-state index is 13.9. The van der Waals surface area contributed by atoms with Gasteiger partial charge in [-0.2, -0.15) is 0 Å². The number of carbonyl (C=O) groups is 1. The van der Waals surface area contributed by atoms with Gasteiger partial charge in [0, 0.05) is 5.56 Å². The summed E-state index contributed by atoms with van der Waals surface area (Å²) in [5.74, 6) is -0.429. The molecule has 0 saturated heterocycles. The molecule has 160 valence electrons. The number of aryl methyl sites for hydroxylation is 2. The number of anilines is 1. The van der Waals surface area contributed by atoms with Gasteiger partial charge in [-0.3, -0.25) is 9.10 Å². The highest BCUT2D eigenvalue weighted by atomic mass is 32.2. The number of ether oxygens (including phenoxy) is 1. The van der Waals surface area contributed by atoms with E-state index in [0.29, 0.717) is 5.69 Å². The van der Waals surface area contributed by atoms with E-state index in [4.69, 9.17) is 4.74 Å². The van der Waals surface area contributed by atoms with E-state index in [1.807, 2.05) is 56.3 Å². The minimum atomic E-state index is -3.93. The molecule has 1 aliphatic rings. The topological polar surface area (TPSA) is 63.7 Å². The Morgan fingerprint density at radius 2 is 1.61 bits per heavy atom. The summed E-state index contributed by atoms with van der Waals surface area (Å²) in [6.45, 7) is 5.88. The number of fused-ring (bicyclic) bond motifs is 3. The smallest absolute Gasteiger partial charge is 0.308 e. The number of hydrogen-bond donors (Lipinski definition) is 0. The summed E-state index contributed by atoms with van der Waals surface area (Å²) < 4.78 is 34.3. The van der Waals surface area contributed by atoms with Crippen LogP contribution in [0, 0.1) is 13.8 Å². The van der Waals surface area contributed by atoms with Crippen molar-refractivity contribution in [2.24, 2.45) is 0 Å². The number of hydrogen-bond acceptors (Lipinski definition) is 4. The monoisotopic (exact) mass is 435 g/mol. The Labute approximate surface area is 183 Å². The molecule has 0 aromatic heterocycles. The molecule has 5 nitrogen and oxygen atoms in total. The van der Waals surface area contributed by atoms with E-state index in [0.717, 1.165) is 27.8 Å². The van der Waals surface area contributed by atoms with E-state index >= 15 is 0 Å². The number of nitrogens with zero attached hydrogens (tertiary/aromatic N) is 1. The second kappa shape index (κ2) is 8.19. The molecule has 0 bridgehead atoms. The van der Waals surface area contributed by atoms with Gasteiger partial charge in [-0.25, -0.2) is 8.42 Å². The quantitative estimate of drug-likeness (QED) is 0.519. The summed E-state index contributed by atoms with van der Waals surface area (Å²) in [7, 11) is -3.93. The third-order valence-corrected chi connectivity index (χ3v) is 7.36. The van der Waals surface area contributed by atoms with Gasteiger partial charge < -0.3 is 4.74 Å². The Kier molecular flexibility index (Phi) is 5.58. The SMILES string of the molecule is CCOC(=O)CC1c2ccccc2-c2cc(C)ccc2N1S(=O)(=O)c1ccc(C)cc1. The van der Waals surface area contributed by atoms with Crippen LogP contribution < -0.4 is 4.31 Å². The molecule has 1 unspecified atom stereocenters. The molecular formula is C25H25NO4S. The van der Waals surface area contributed by atoms with Crippen molar-refractivity contribution < 1.29 is 17.9 Å². The first-order valence-electron chi connectivity index (χ1n) is 10.3. The highest BCUT2D eigenvalue weighted by molar-refractivity contribution is 7.92. The van der Waals surface area contributed by atoms with Gasteiger partial charge in [0.25, 0.3) is 10.0 Å². The fraction of sp³-hybridized carbons (Fsp3) is 0.240. The molecule has 4 rings (SSSR count). The maximum absolute atomic E-state index is 13.9. The highest BCUT2D eigenvalue weighted by Crippen LogP contribution is 2.48. The van der Waals surface area contributed by atoms with E-state index in [1.165, 1.54) is 4.31 Å².